The molecule has 7 rings (SSSR count). The number of aryl methyl sites for hydroxylation is 1. The molecule has 3 fully saturated rings. The number of likely N-dealkylation sites (tertiary alicyclic amines) is 1. The molecule has 3 aromatic rings. The van der Waals surface area contributed by atoms with E-state index in [-0.39, 0.29) is 41.7 Å². The molecule has 2 aliphatic carbocycles. The fourth-order valence-corrected chi connectivity index (χ4v) is 8.30. The highest BCUT2D eigenvalue weighted by Crippen LogP contribution is 2.64. The summed E-state index contributed by atoms with van der Waals surface area (Å²) in [6, 6.07) is 23.7. The molecule has 6 atom stereocenters. The highest BCUT2D eigenvalue weighted by molar-refractivity contribution is 6.13. The Morgan fingerprint density at radius 2 is 1.57 bits per heavy atom. The third-order valence-corrected chi connectivity index (χ3v) is 10.2. The van der Waals surface area contributed by atoms with Crippen LogP contribution in [0.15, 0.2) is 90.5 Å². The van der Waals surface area contributed by atoms with Crippen molar-refractivity contribution in [3.8, 4) is 5.75 Å². The van der Waals surface area contributed by atoms with E-state index in [0.29, 0.717) is 25.1 Å². The quantitative estimate of drug-likeness (QED) is 0.306. The topological polar surface area (TPSA) is 107 Å². The third kappa shape index (κ3) is 3.96. The number of hydrogen-bond acceptors (Lipinski definition) is 6. The van der Waals surface area contributed by atoms with Gasteiger partial charge in [-0.3, -0.25) is 29.5 Å². The summed E-state index contributed by atoms with van der Waals surface area (Å²) in [6.07, 6.45) is 3.40. The Labute approximate surface area is 256 Å². The van der Waals surface area contributed by atoms with Crippen molar-refractivity contribution in [1.29, 1.82) is 0 Å². The number of rotatable bonds is 6. The van der Waals surface area contributed by atoms with Crippen LogP contribution in [0.1, 0.15) is 48.8 Å². The van der Waals surface area contributed by atoms with E-state index in [9.17, 15) is 24.3 Å². The van der Waals surface area contributed by atoms with Crippen LogP contribution in [0.3, 0.4) is 0 Å². The monoisotopic (exact) mass is 589 g/mol. The summed E-state index contributed by atoms with van der Waals surface area (Å²) < 4.78 is 0. The van der Waals surface area contributed by atoms with Gasteiger partial charge in [0, 0.05) is 12.5 Å². The minimum absolute atomic E-state index is 0.0902. The van der Waals surface area contributed by atoms with Gasteiger partial charge in [-0.15, -0.1) is 0 Å². The van der Waals surface area contributed by atoms with Gasteiger partial charge in [0.1, 0.15) is 5.75 Å². The molecular weight excluding hydrogens is 554 g/mol. The minimum atomic E-state index is -1.31. The van der Waals surface area contributed by atoms with E-state index in [1.807, 2.05) is 68.4 Å². The maximum atomic E-state index is 15.0. The number of carbonyl (C=O) groups excluding carboxylic acids is 4. The van der Waals surface area contributed by atoms with E-state index in [4.69, 9.17) is 0 Å². The smallest absolute Gasteiger partial charge is 0.260 e. The van der Waals surface area contributed by atoms with Crippen LogP contribution in [0.4, 0.5) is 5.69 Å². The summed E-state index contributed by atoms with van der Waals surface area (Å²) >= 11 is 0. The van der Waals surface area contributed by atoms with Crippen molar-refractivity contribution in [2.45, 2.75) is 44.4 Å². The number of benzene rings is 3. The number of phenolic OH excluding ortho intramolecular Hbond substituents is 1. The molecule has 0 aromatic heterocycles. The summed E-state index contributed by atoms with van der Waals surface area (Å²) in [5.41, 5.74) is 5.87. The number of hydrazine groups is 1. The number of phenols is 1. The summed E-state index contributed by atoms with van der Waals surface area (Å²) in [5, 5.41) is 11.4. The van der Waals surface area contributed by atoms with Gasteiger partial charge in [-0.2, -0.15) is 5.01 Å². The number of carbonyl (C=O) groups is 4. The number of allylic oxidation sites excluding steroid dienone is 2. The third-order valence-electron chi connectivity index (χ3n) is 10.2. The van der Waals surface area contributed by atoms with E-state index in [1.54, 1.807) is 24.3 Å². The van der Waals surface area contributed by atoms with E-state index in [0.717, 1.165) is 27.3 Å². The van der Waals surface area contributed by atoms with E-state index in [2.05, 4.69) is 11.5 Å². The number of amides is 4. The maximum absolute atomic E-state index is 15.0. The van der Waals surface area contributed by atoms with Crippen molar-refractivity contribution in [3.63, 3.8) is 0 Å². The van der Waals surface area contributed by atoms with Gasteiger partial charge in [-0.1, -0.05) is 78.7 Å². The van der Waals surface area contributed by atoms with Crippen molar-refractivity contribution in [2.75, 3.05) is 12.0 Å². The summed E-state index contributed by atoms with van der Waals surface area (Å²) in [6.45, 7) is 4.29. The Kier molecular flexibility index (Phi) is 6.68. The summed E-state index contributed by atoms with van der Waals surface area (Å²) in [5.74, 6) is -3.78. The zero-order valence-electron chi connectivity index (χ0n) is 24.8. The predicted molar refractivity (Wildman–Crippen MR) is 164 cm³/mol. The number of aromatic hydroxyl groups is 1. The lowest BCUT2D eigenvalue weighted by molar-refractivity contribution is -0.141. The van der Waals surface area contributed by atoms with Crippen molar-refractivity contribution in [3.05, 3.63) is 107 Å². The summed E-state index contributed by atoms with van der Waals surface area (Å²) in [7, 11) is 0. The Bertz CT molecular complexity index is 1680. The first-order valence-corrected chi connectivity index (χ1v) is 15.4. The second-order valence-electron chi connectivity index (χ2n) is 12.5. The van der Waals surface area contributed by atoms with Crippen LogP contribution in [0.25, 0.3) is 0 Å². The molecule has 0 spiro atoms. The highest BCUT2D eigenvalue weighted by atomic mass is 16.3. The van der Waals surface area contributed by atoms with Crippen LogP contribution in [0, 0.1) is 30.6 Å². The number of anilines is 1. The van der Waals surface area contributed by atoms with Gasteiger partial charge < -0.3 is 5.11 Å². The van der Waals surface area contributed by atoms with E-state index in [1.165, 1.54) is 4.90 Å². The van der Waals surface area contributed by atoms with Gasteiger partial charge in [-0.25, -0.2) is 0 Å². The SMILES string of the molecule is CCCN1C(=O)C2CC=C3C(CC4C(=O)N(Nc5ccc(C)cc5)C(=O)C4(c4ccccc4)C3c3ccc(O)cc3)C2C1=O. The Hall–Kier alpha value is -4.72. The van der Waals surface area contributed by atoms with Gasteiger partial charge in [0.05, 0.1) is 28.9 Å². The first-order chi connectivity index (χ1) is 21.3. The fourth-order valence-electron chi connectivity index (χ4n) is 8.30. The van der Waals surface area contributed by atoms with Crippen LogP contribution < -0.4 is 5.43 Å². The molecule has 2 saturated heterocycles. The molecule has 3 aromatic carbocycles. The molecule has 2 aliphatic heterocycles. The van der Waals surface area contributed by atoms with Gasteiger partial charge in [0.15, 0.2) is 0 Å². The molecule has 4 aliphatic rings. The molecule has 8 heteroatoms. The predicted octanol–water partition coefficient (Wildman–Crippen LogP) is 5.10. The highest BCUT2D eigenvalue weighted by Gasteiger charge is 2.70. The lowest BCUT2D eigenvalue weighted by Gasteiger charge is -2.50. The van der Waals surface area contributed by atoms with Gasteiger partial charge in [0.25, 0.3) is 11.8 Å². The number of nitrogens with one attached hydrogen (secondary N) is 1. The van der Waals surface area contributed by atoms with E-state index < -0.39 is 29.1 Å². The second-order valence-corrected chi connectivity index (χ2v) is 12.5. The largest absolute Gasteiger partial charge is 0.508 e. The number of hydrogen-bond donors (Lipinski definition) is 2. The molecule has 0 radical (unpaired) electrons. The fraction of sp³-hybridized carbons (Fsp3) is 0.333. The molecule has 2 N–H and O–H groups in total. The average molecular weight is 590 g/mol. The molecule has 6 unspecified atom stereocenters. The zero-order chi connectivity index (χ0) is 30.7. The number of fused-ring (bicyclic) bond motifs is 4. The van der Waals surface area contributed by atoms with Crippen molar-refractivity contribution in [1.82, 2.24) is 9.91 Å². The molecule has 4 amide bonds. The lowest BCUT2D eigenvalue weighted by atomic mass is 9.49. The van der Waals surface area contributed by atoms with Crippen molar-refractivity contribution >= 4 is 29.3 Å². The molecule has 2 heterocycles. The summed E-state index contributed by atoms with van der Waals surface area (Å²) in [4.78, 5) is 58.2. The number of nitrogens with zero attached hydrogens (tertiary/aromatic N) is 2. The molecule has 1 saturated carbocycles. The average Bonchev–Trinajstić information content (AvgIpc) is 3.40. The molecule has 0 bridgehead atoms. The van der Waals surface area contributed by atoms with E-state index >= 15 is 0 Å². The Morgan fingerprint density at radius 3 is 2.25 bits per heavy atom. The van der Waals surface area contributed by atoms with Crippen LogP contribution in [0.2, 0.25) is 0 Å². The first kappa shape index (κ1) is 28.1. The molecule has 224 valence electrons. The molecule has 44 heavy (non-hydrogen) atoms. The Morgan fingerprint density at radius 1 is 0.864 bits per heavy atom. The first-order valence-electron chi connectivity index (χ1n) is 15.4. The Balaban J connectivity index is 1.43. The van der Waals surface area contributed by atoms with Crippen LogP contribution in [-0.4, -0.2) is 45.2 Å². The van der Waals surface area contributed by atoms with Crippen LogP contribution in [0.5, 0.6) is 5.75 Å². The van der Waals surface area contributed by atoms with Crippen LogP contribution >= 0.6 is 0 Å². The van der Waals surface area contributed by atoms with Crippen LogP contribution in [-0.2, 0) is 24.6 Å². The molecule has 8 nitrogen and oxygen atoms in total. The number of imide groups is 2. The van der Waals surface area contributed by atoms with Gasteiger partial charge >= 0.3 is 0 Å². The standard InChI is InChI=1S/C36H35N3O5/c1-3-19-38-32(41)27-18-17-26-28(30(27)34(38)43)20-29-33(42)39(37-24-13-9-21(2)10-14-24)35(44)36(29,23-7-5-4-6-8-23)31(26)22-11-15-25(40)16-12-22/h4-17,27-31,37,40H,3,18-20H2,1-2H3. The van der Waals surface area contributed by atoms with Gasteiger partial charge in [-0.05, 0) is 67.5 Å². The normalized spacial score (nSPS) is 29.3. The van der Waals surface area contributed by atoms with Crippen molar-refractivity contribution < 1.29 is 24.3 Å². The minimum Gasteiger partial charge on any atom is -0.508 e. The second kappa shape index (κ2) is 10.5. The molecular formula is C36H35N3O5. The lowest BCUT2D eigenvalue weighted by Crippen LogP contribution is -2.53. The van der Waals surface area contributed by atoms with Gasteiger partial charge in [0.2, 0.25) is 11.8 Å². The van der Waals surface area contributed by atoms with Crippen molar-refractivity contribution in [2.24, 2.45) is 23.7 Å². The maximum Gasteiger partial charge on any atom is 0.260 e. The zero-order valence-corrected chi connectivity index (χ0v) is 24.8.